The second kappa shape index (κ2) is 10.6. The number of hydrogen-bond acceptors (Lipinski definition) is 5. The summed E-state index contributed by atoms with van der Waals surface area (Å²) in [5.74, 6) is -0.164. The standard InChI is InChI=1S/C14H26N3O5P/c1-21-23(19,20)22-11-7-3-2-4-8-16-14(18)13(15)12-17-9-5-6-10-17/h5-6,9-10,13H,2-4,7-8,11-12,15H2,1H3,(H,16,18)(H,19,20)/t13-/m0/s1. The Balaban J connectivity index is 2.00. The molecule has 2 atom stereocenters. The van der Waals surface area contributed by atoms with Crippen molar-refractivity contribution in [2.24, 2.45) is 5.73 Å². The summed E-state index contributed by atoms with van der Waals surface area (Å²) >= 11 is 0. The largest absolute Gasteiger partial charge is 0.471 e. The van der Waals surface area contributed by atoms with E-state index in [-0.39, 0.29) is 12.5 Å². The number of amides is 1. The predicted molar refractivity (Wildman–Crippen MR) is 86.7 cm³/mol. The Bertz CT molecular complexity index is 495. The van der Waals surface area contributed by atoms with Crippen LogP contribution in [-0.4, -0.2) is 41.7 Å². The molecule has 0 bridgehead atoms. The minimum atomic E-state index is -3.86. The highest BCUT2D eigenvalue weighted by atomic mass is 31.2. The van der Waals surface area contributed by atoms with Gasteiger partial charge in [0, 0.05) is 32.6 Å². The molecule has 0 aliphatic rings. The van der Waals surface area contributed by atoms with E-state index < -0.39 is 13.9 Å². The molecule has 0 fully saturated rings. The molecule has 0 aliphatic carbocycles. The van der Waals surface area contributed by atoms with Crippen LogP contribution in [0.15, 0.2) is 24.5 Å². The lowest BCUT2D eigenvalue weighted by Gasteiger charge is -2.13. The topological polar surface area (TPSA) is 116 Å². The lowest BCUT2D eigenvalue weighted by atomic mass is 10.2. The van der Waals surface area contributed by atoms with E-state index in [1.807, 2.05) is 29.1 Å². The fraction of sp³-hybridized carbons (Fsp3) is 0.643. The molecule has 1 amide bonds. The monoisotopic (exact) mass is 347 g/mol. The number of phosphoric ester groups is 1. The Morgan fingerprint density at radius 3 is 2.61 bits per heavy atom. The van der Waals surface area contributed by atoms with Gasteiger partial charge in [0.25, 0.3) is 0 Å². The molecule has 23 heavy (non-hydrogen) atoms. The maximum absolute atomic E-state index is 11.8. The minimum Gasteiger partial charge on any atom is -0.355 e. The maximum Gasteiger partial charge on any atom is 0.471 e. The molecule has 0 saturated heterocycles. The van der Waals surface area contributed by atoms with Crippen molar-refractivity contribution in [3.63, 3.8) is 0 Å². The molecule has 0 spiro atoms. The van der Waals surface area contributed by atoms with Crippen molar-refractivity contribution in [1.29, 1.82) is 0 Å². The molecule has 0 aromatic carbocycles. The van der Waals surface area contributed by atoms with E-state index in [9.17, 15) is 9.36 Å². The van der Waals surface area contributed by atoms with E-state index in [0.717, 1.165) is 26.4 Å². The third-order valence-electron chi connectivity index (χ3n) is 3.27. The van der Waals surface area contributed by atoms with Crippen LogP contribution in [0.4, 0.5) is 0 Å². The first-order valence-electron chi connectivity index (χ1n) is 7.62. The average Bonchev–Trinajstić information content (AvgIpc) is 3.02. The summed E-state index contributed by atoms with van der Waals surface area (Å²) in [6.07, 6.45) is 6.94. The van der Waals surface area contributed by atoms with Gasteiger partial charge in [-0.3, -0.25) is 13.8 Å². The highest BCUT2D eigenvalue weighted by molar-refractivity contribution is 7.47. The van der Waals surface area contributed by atoms with Crippen LogP contribution in [0.1, 0.15) is 25.7 Å². The van der Waals surface area contributed by atoms with Gasteiger partial charge in [0.2, 0.25) is 5.91 Å². The van der Waals surface area contributed by atoms with Crippen LogP contribution in [0.3, 0.4) is 0 Å². The van der Waals surface area contributed by atoms with Crippen molar-refractivity contribution in [1.82, 2.24) is 9.88 Å². The zero-order valence-corrected chi connectivity index (χ0v) is 14.3. The van der Waals surface area contributed by atoms with Gasteiger partial charge >= 0.3 is 7.82 Å². The van der Waals surface area contributed by atoms with Gasteiger partial charge in [-0.15, -0.1) is 0 Å². The molecular weight excluding hydrogens is 321 g/mol. The van der Waals surface area contributed by atoms with Crippen molar-refractivity contribution in [2.45, 2.75) is 38.3 Å². The first-order chi connectivity index (χ1) is 10.9. The van der Waals surface area contributed by atoms with Gasteiger partial charge in [0.15, 0.2) is 0 Å². The molecule has 0 radical (unpaired) electrons. The summed E-state index contributed by atoms with van der Waals surface area (Å²) in [5.41, 5.74) is 5.83. The second-order valence-electron chi connectivity index (χ2n) is 5.18. The summed E-state index contributed by atoms with van der Waals surface area (Å²) < 4.78 is 21.9. The highest BCUT2D eigenvalue weighted by Gasteiger charge is 2.17. The third-order valence-corrected chi connectivity index (χ3v) is 4.24. The Morgan fingerprint density at radius 2 is 1.96 bits per heavy atom. The molecule has 132 valence electrons. The smallest absolute Gasteiger partial charge is 0.355 e. The van der Waals surface area contributed by atoms with E-state index in [4.69, 9.17) is 15.2 Å². The number of nitrogens with two attached hydrogens (primary N) is 1. The SMILES string of the molecule is COP(=O)(O)OCCCCCCNC(=O)[C@@H](N)Cn1cccc1. The van der Waals surface area contributed by atoms with E-state index in [0.29, 0.717) is 19.5 Å². The lowest BCUT2D eigenvalue weighted by Crippen LogP contribution is -2.43. The van der Waals surface area contributed by atoms with E-state index in [1.54, 1.807) is 0 Å². The summed E-state index contributed by atoms with van der Waals surface area (Å²) in [4.78, 5) is 20.8. The van der Waals surface area contributed by atoms with Gasteiger partial charge in [0.1, 0.15) is 6.04 Å². The zero-order chi connectivity index (χ0) is 17.1. The number of unbranched alkanes of at least 4 members (excludes halogenated alkanes) is 3. The average molecular weight is 347 g/mol. The molecular formula is C14H26N3O5P. The highest BCUT2D eigenvalue weighted by Crippen LogP contribution is 2.41. The molecule has 1 heterocycles. The Labute approximate surface area is 136 Å². The number of nitrogens with zero attached hydrogens (tertiary/aromatic N) is 1. The number of rotatable bonds is 12. The molecule has 0 saturated carbocycles. The molecule has 9 heteroatoms. The van der Waals surface area contributed by atoms with Crippen LogP contribution < -0.4 is 11.1 Å². The lowest BCUT2D eigenvalue weighted by molar-refractivity contribution is -0.122. The molecule has 1 rings (SSSR count). The zero-order valence-electron chi connectivity index (χ0n) is 13.4. The minimum absolute atomic E-state index is 0.164. The quantitative estimate of drug-likeness (QED) is 0.387. The van der Waals surface area contributed by atoms with Crippen LogP contribution >= 0.6 is 7.82 Å². The van der Waals surface area contributed by atoms with E-state index in [1.165, 1.54) is 0 Å². The van der Waals surface area contributed by atoms with Gasteiger partial charge in [-0.05, 0) is 25.0 Å². The Kier molecular flexibility index (Phi) is 9.13. The van der Waals surface area contributed by atoms with Crippen LogP contribution in [-0.2, 0) is 25.0 Å². The first-order valence-corrected chi connectivity index (χ1v) is 9.11. The van der Waals surface area contributed by atoms with E-state index >= 15 is 0 Å². The normalized spacial score (nSPS) is 15.1. The third kappa shape index (κ3) is 8.88. The number of carbonyl (C=O) groups is 1. The fourth-order valence-corrected chi connectivity index (χ4v) is 2.42. The van der Waals surface area contributed by atoms with Crippen molar-refractivity contribution in [2.75, 3.05) is 20.3 Å². The van der Waals surface area contributed by atoms with Gasteiger partial charge < -0.3 is 20.5 Å². The van der Waals surface area contributed by atoms with Gasteiger partial charge in [-0.2, -0.15) is 0 Å². The number of hydrogen-bond donors (Lipinski definition) is 3. The second-order valence-corrected chi connectivity index (χ2v) is 6.74. The van der Waals surface area contributed by atoms with Crippen LogP contribution in [0.2, 0.25) is 0 Å². The van der Waals surface area contributed by atoms with Crippen molar-refractivity contribution < 1.29 is 23.3 Å². The number of carbonyl (C=O) groups excluding carboxylic acids is 1. The van der Waals surface area contributed by atoms with Gasteiger partial charge in [0.05, 0.1) is 6.61 Å². The summed E-state index contributed by atoms with van der Waals surface area (Å²) in [7, 11) is -2.73. The number of nitrogens with one attached hydrogen (secondary N) is 1. The Hall–Kier alpha value is -1.18. The summed E-state index contributed by atoms with van der Waals surface area (Å²) in [6, 6.07) is 3.20. The first kappa shape index (κ1) is 19.9. The van der Waals surface area contributed by atoms with Crippen molar-refractivity contribution in [3.05, 3.63) is 24.5 Å². The van der Waals surface area contributed by atoms with Gasteiger partial charge in [-0.25, -0.2) is 4.57 Å². The number of phosphoric acid groups is 1. The number of aromatic nitrogens is 1. The summed E-state index contributed by atoms with van der Waals surface area (Å²) in [5, 5.41) is 2.81. The fourth-order valence-electron chi connectivity index (χ4n) is 1.96. The van der Waals surface area contributed by atoms with Crippen LogP contribution in [0.5, 0.6) is 0 Å². The maximum atomic E-state index is 11.8. The van der Waals surface area contributed by atoms with E-state index in [2.05, 4.69) is 9.84 Å². The summed E-state index contributed by atoms with van der Waals surface area (Å²) in [6.45, 7) is 1.20. The van der Waals surface area contributed by atoms with Crippen molar-refractivity contribution >= 4 is 13.7 Å². The predicted octanol–water partition coefficient (Wildman–Crippen LogP) is 1.26. The molecule has 4 N–H and O–H groups in total. The molecule has 0 aliphatic heterocycles. The van der Waals surface area contributed by atoms with Gasteiger partial charge in [-0.1, -0.05) is 12.8 Å². The molecule has 8 nitrogen and oxygen atoms in total. The molecule has 1 aromatic rings. The Morgan fingerprint density at radius 1 is 1.30 bits per heavy atom. The molecule has 1 aromatic heterocycles. The van der Waals surface area contributed by atoms with Crippen molar-refractivity contribution in [3.8, 4) is 0 Å². The van der Waals surface area contributed by atoms with Crippen LogP contribution in [0.25, 0.3) is 0 Å². The molecule has 1 unspecified atom stereocenters. The van der Waals surface area contributed by atoms with Crippen LogP contribution in [0, 0.1) is 0 Å².